The van der Waals surface area contributed by atoms with Gasteiger partial charge in [-0.05, 0) is 6.42 Å². The zero-order valence-electron chi connectivity index (χ0n) is 20.4. The Hall–Kier alpha value is 0.600. The van der Waals surface area contributed by atoms with Crippen LogP contribution in [0.4, 0.5) is 0 Å². The van der Waals surface area contributed by atoms with Crippen LogP contribution in [0, 0.1) is 5.92 Å². The molecule has 1 heterocycles. The van der Waals surface area contributed by atoms with Gasteiger partial charge in [-0.15, -0.1) is 0 Å². The maximum atomic E-state index is 10.9. The average Bonchev–Trinajstić information content (AvgIpc) is 2.79. The zero-order valence-corrected chi connectivity index (χ0v) is 23.5. The van der Waals surface area contributed by atoms with Gasteiger partial charge in [-0.25, -0.2) is 0 Å². The SMILES string of the molecule is [Cl-].[Cl-].[Cl-].[Cl-].[NH3+]CC1CC(OC2C(O)C([NH3+])CC([NH3+])C2OC2OC(C[NH3+])C(O)C(O)C2[NH3+])C(O)C(O)C1O. The second kappa shape index (κ2) is 16.8. The highest BCUT2D eigenvalue weighted by Crippen LogP contribution is 2.32. The molecule has 2 aliphatic carbocycles. The van der Waals surface area contributed by atoms with Gasteiger partial charge in [0, 0.05) is 5.92 Å². The van der Waals surface area contributed by atoms with E-state index in [2.05, 4.69) is 28.7 Å². The van der Waals surface area contributed by atoms with Crippen molar-refractivity contribution in [2.45, 2.75) is 98.3 Å². The topological polar surface area (TPSA) is 287 Å². The van der Waals surface area contributed by atoms with Gasteiger partial charge in [0.2, 0.25) is 6.29 Å². The molecule has 15 unspecified atom stereocenters. The Morgan fingerprint density at radius 3 is 1.76 bits per heavy atom. The maximum absolute atomic E-state index is 10.9. The quantitative estimate of drug-likeness (QED) is 0.133. The second-order valence-corrected chi connectivity index (χ2v) is 9.72. The third kappa shape index (κ3) is 8.31. The molecule has 0 spiro atoms. The van der Waals surface area contributed by atoms with Gasteiger partial charge in [0.25, 0.3) is 0 Å². The molecule has 15 atom stereocenters. The Morgan fingerprint density at radius 1 is 0.622 bits per heavy atom. The molecule has 21 N–H and O–H groups in total. The van der Waals surface area contributed by atoms with Crippen LogP contribution in [0.3, 0.4) is 0 Å². The van der Waals surface area contributed by atoms with E-state index in [0.717, 1.165) is 0 Å². The highest BCUT2D eigenvalue weighted by molar-refractivity contribution is 4.99. The van der Waals surface area contributed by atoms with Crippen LogP contribution in [0.15, 0.2) is 0 Å². The highest BCUT2D eigenvalue weighted by Gasteiger charge is 2.54. The first-order valence-electron chi connectivity index (χ1n) is 11.6. The molecule has 14 nitrogen and oxygen atoms in total. The Labute approximate surface area is 240 Å². The predicted octanol–water partition coefficient (Wildman–Crippen LogP) is -22.2. The number of aliphatic hydroxyl groups is 6. The lowest BCUT2D eigenvalue weighted by Gasteiger charge is -2.46. The lowest BCUT2D eigenvalue weighted by molar-refractivity contribution is -0.536. The number of quaternary nitrogens is 5. The van der Waals surface area contributed by atoms with Crippen LogP contribution in [0.5, 0.6) is 0 Å². The average molecular weight is 628 g/mol. The number of aliphatic hydroxyl groups excluding tert-OH is 6. The van der Waals surface area contributed by atoms with Crippen molar-refractivity contribution in [1.29, 1.82) is 0 Å². The fourth-order valence-corrected chi connectivity index (χ4v) is 5.16. The van der Waals surface area contributed by atoms with Gasteiger partial charge < -0.3 is 123 Å². The number of ether oxygens (including phenoxy) is 3. The predicted molar refractivity (Wildman–Crippen MR) is 106 cm³/mol. The molecule has 3 rings (SSSR count). The van der Waals surface area contributed by atoms with Crippen LogP contribution >= 0.6 is 0 Å². The molecule has 0 aromatic rings. The Morgan fingerprint density at radius 2 is 1.22 bits per heavy atom. The minimum absolute atomic E-state index is 0. The van der Waals surface area contributed by atoms with Crippen LogP contribution < -0.4 is 78.3 Å². The summed E-state index contributed by atoms with van der Waals surface area (Å²) >= 11 is 0. The lowest BCUT2D eigenvalue weighted by Crippen LogP contribution is -3.00. The normalized spacial score (nSPS) is 47.9. The lowest BCUT2D eigenvalue weighted by atomic mass is 9.79. The molecule has 226 valence electrons. The van der Waals surface area contributed by atoms with Gasteiger partial charge in [0.15, 0.2) is 6.04 Å². The number of hydrogen-bond donors (Lipinski definition) is 11. The molecule has 0 radical (unpaired) electrons. The first-order valence-corrected chi connectivity index (χ1v) is 11.6. The van der Waals surface area contributed by atoms with E-state index in [4.69, 9.17) is 14.2 Å². The zero-order chi connectivity index (χ0) is 24.6. The molecule has 37 heavy (non-hydrogen) atoms. The molecule has 3 fully saturated rings. The molecule has 1 aliphatic heterocycles. The minimum atomic E-state index is -1.41. The van der Waals surface area contributed by atoms with Crippen LogP contribution in [-0.4, -0.2) is 129 Å². The monoisotopic (exact) mass is 626 g/mol. The van der Waals surface area contributed by atoms with E-state index in [9.17, 15) is 30.6 Å². The van der Waals surface area contributed by atoms with Crippen molar-refractivity contribution < 1.29 is 123 Å². The second-order valence-electron chi connectivity index (χ2n) is 9.72. The Kier molecular flexibility index (Phi) is 18.0. The smallest absolute Gasteiger partial charge is 0.214 e. The van der Waals surface area contributed by atoms with Crippen molar-refractivity contribution >= 4 is 0 Å². The van der Waals surface area contributed by atoms with Gasteiger partial charge in [-0.3, -0.25) is 0 Å². The summed E-state index contributed by atoms with van der Waals surface area (Å²) in [4.78, 5) is 0. The molecular formula is C19H44Cl4N5O9+. The van der Waals surface area contributed by atoms with Crippen LogP contribution in [0.1, 0.15) is 12.8 Å². The van der Waals surface area contributed by atoms with Crippen molar-refractivity contribution in [1.82, 2.24) is 0 Å². The molecule has 1 saturated heterocycles. The summed E-state index contributed by atoms with van der Waals surface area (Å²) in [5.74, 6) is -0.389. The number of halogens is 4. The van der Waals surface area contributed by atoms with E-state index in [1.807, 2.05) is 0 Å². The van der Waals surface area contributed by atoms with Gasteiger partial charge in [-0.1, -0.05) is 0 Å². The van der Waals surface area contributed by atoms with Crippen LogP contribution in [-0.2, 0) is 14.2 Å². The summed E-state index contributed by atoms with van der Waals surface area (Å²) < 4.78 is 18.1. The largest absolute Gasteiger partial charge is 1.00 e. The Bertz CT molecular complexity index is 653. The van der Waals surface area contributed by atoms with Crippen molar-refractivity contribution in [2.24, 2.45) is 5.92 Å². The first-order chi connectivity index (χ1) is 15.5. The fraction of sp³-hybridized carbons (Fsp3) is 1.00. The van der Waals surface area contributed by atoms with Crippen molar-refractivity contribution in [2.75, 3.05) is 13.1 Å². The van der Waals surface area contributed by atoms with E-state index in [-0.39, 0.29) is 74.6 Å². The van der Waals surface area contributed by atoms with Gasteiger partial charge in [0.05, 0.1) is 25.2 Å². The molecule has 3 aliphatic rings. The highest BCUT2D eigenvalue weighted by atomic mass is 35.5. The van der Waals surface area contributed by atoms with Crippen molar-refractivity contribution in [3.63, 3.8) is 0 Å². The van der Waals surface area contributed by atoms with Gasteiger partial charge in [0.1, 0.15) is 67.5 Å². The summed E-state index contributed by atoms with van der Waals surface area (Å²) in [5.41, 5.74) is 19.5. The number of rotatable bonds is 6. The summed E-state index contributed by atoms with van der Waals surface area (Å²) in [7, 11) is 0. The molecule has 18 heteroatoms. The fourth-order valence-electron chi connectivity index (χ4n) is 5.16. The molecule has 0 aromatic carbocycles. The third-order valence-electron chi connectivity index (χ3n) is 7.42. The van der Waals surface area contributed by atoms with E-state index >= 15 is 0 Å². The molecule has 2 saturated carbocycles. The van der Waals surface area contributed by atoms with Gasteiger partial charge in [-0.2, -0.15) is 0 Å². The summed E-state index contributed by atoms with van der Waals surface area (Å²) in [6, 6.07) is -1.61. The summed E-state index contributed by atoms with van der Waals surface area (Å²) in [6.45, 7) is 0.535. The van der Waals surface area contributed by atoms with Crippen molar-refractivity contribution in [3.05, 3.63) is 0 Å². The van der Waals surface area contributed by atoms with Crippen LogP contribution in [0.2, 0.25) is 0 Å². The summed E-state index contributed by atoms with van der Waals surface area (Å²) in [5, 5.41) is 62.5. The minimum Gasteiger partial charge on any atom is -1.00 e. The maximum Gasteiger partial charge on any atom is 0.214 e. The third-order valence-corrected chi connectivity index (χ3v) is 7.42. The Balaban J connectivity index is 0. The van der Waals surface area contributed by atoms with E-state index in [1.165, 1.54) is 0 Å². The summed E-state index contributed by atoms with van der Waals surface area (Å²) in [6.07, 6.45) is -11.1. The molecule has 0 aromatic heterocycles. The van der Waals surface area contributed by atoms with E-state index < -0.39 is 79.4 Å². The number of hydrogen-bond acceptors (Lipinski definition) is 9. The first kappa shape index (κ1) is 39.7. The standard InChI is InChI=1S/C19H39N5O9.4ClH/c20-3-5-1-8(13(27)16(30)11(5)25)31-18-12(26)6(22)2-7(23)17(18)33-19-10(24)15(29)14(28)9(4-21)32-19;;;;/h5-19,25-30H,1-4,20-24H2;4*1H/p+1. The van der Waals surface area contributed by atoms with Crippen molar-refractivity contribution in [3.8, 4) is 0 Å². The van der Waals surface area contributed by atoms with Crippen LogP contribution in [0.25, 0.3) is 0 Å². The molecular weight excluding hydrogens is 584 g/mol. The van der Waals surface area contributed by atoms with E-state index in [1.54, 1.807) is 0 Å². The molecule has 0 bridgehead atoms. The van der Waals surface area contributed by atoms with E-state index in [0.29, 0.717) is 13.0 Å². The van der Waals surface area contributed by atoms with Gasteiger partial charge >= 0.3 is 0 Å². The molecule has 0 amide bonds.